The molecular weight excluding hydrogens is 264 g/mol. The SMILES string of the molecule is COCC(O)(c1ccccc1)c1ccc(OC2CC2)cc1. The van der Waals surface area contributed by atoms with E-state index in [2.05, 4.69) is 0 Å². The van der Waals surface area contributed by atoms with Gasteiger partial charge in [-0.2, -0.15) is 0 Å². The van der Waals surface area contributed by atoms with Crippen LogP contribution in [-0.2, 0) is 10.3 Å². The van der Waals surface area contributed by atoms with Crippen LogP contribution in [0.2, 0.25) is 0 Å². The molecule has 0 bridgehead atoms. The Hall–Kier alpha value is -1.84. The van der Waals surface area contributed by atoms with Gasteiger partial charge >= 0.3 is 0 Å². The summed E-state index contributed by atoms with van der Waals surface area (Å²) in [5.41, 5.74) is 0.482. The summed E-state index contributed by atoms with van der Waals surface area (Å²) in [6.45, 7) is 0.208. The van der Waals surface area contributed by atoms with Crippen molar-refractivity contribution in [2.45, 2.75) is 24.5 Å². The van der Waals surface area contributed by atoms with E-state index in [-0.39, 0.29) is 6.61 Å². The molecule has 3 nitrogen and oxygen atoms in total. The molecule has 0 aromatic heterocycles. The molecule has 1 N–H and O–H groups in total. The minimum absolute atomic E-state index is 0.208. The molecule has 1 unspecified atom stereocenters. The highest BCUT2D eigenvalue weighted by Gasteiger charge is 2.31. The van der Waals surface area contributed by atoms with Gasteiger partial charge in [0.15, 0.2) is 0 Å². The minimum atomic E-state index is -1.14. The molecule has 0 radical (unpaired) electrons. The summed E-state index contributed by atoms with van der Waals surface area (Å²) in [5.74, 6) is 0.856. The molecule has 1 aliphatic carbocycles. The van der Waals surface area contributed by atoms with E-state index in [1.54, 1.807) is 7.11 Å². The van der Waals surface area contributed by atoms with Crippen molar-refractivity contribution < 1.29 is 14.6 Å². The first kappa shape index (κ1) is 14.1. The standard InChI is InChI=1S/C18H20O3/c1-20-13-18(19,14-5-3-2-4-6-14)15-7-9-16(10-8-15)21-17-11-12-17/h2-10,17,19H,11-13H2,1H3. The first-order valence-corrected chi connectivity index (χ1v) is 7.26. The van der Waals surface area contributed by atoms with Crippen LogP contribution in [0.15, 0.2) is 54.6 Å². The van der Waals surface area contributed by atoms with Gasteiger partial charge in [0.05, 0.1) is 12.7 Å². The van der Waals surface area contributed by atoms with Gasteiger partial charge in [0, 0.05) is 7.11 Å². The molecule has 0 saturated heterocycles. The number of benzene rings is 2. The van der Waals surface area contributed by atoms with Gasteiger partial charge < -0.3 is 14.6 Å². The zero-order valence-corrected chi connectivity index (χ0v) is 12.2. The second kappa shape index (κ2) is 5.88. The number of hydrogen-bond acceptors (Lipinski definition) is 3. The highest BCUT2D eigenvalue weighted by Crippen LogP contribution is 2.32. The largest absolute Gasteiger partial charge is 0.490 e. The van der Waals surface area contributed by atoms with Gasteiger partial charge in [-0.05, 0) is 36.1 Å². The average molecular weight is 284 g/mol. The van der Waals surface area contributed by atoms with Crippen molar-refractivity contribution in [3.63, 3.8) is 0 Å². The van der Waals surface area contributed by atoms with Gasteiger partial charge in [0.25, 0.3) is 0 Å². The van der Waals surface area contributed by atoms with Gasteiger partial charge in [-0.3, -0.25) is 0 Å². The molecule has 21 heavy (non-hydrogen) atoms. The molecule has 1 saturated carbocycles. The third-order valence-corrected chi connectivity index (χ3v) is 3.76. The number of aliphatic hydroxyl groups is 1. The van der Waals surface area contributed by atoms with Gasteiger partial charge in [-0.25, -0.2) is 0 Å². The third-order valence-electron chi connectivity index (χ3n) is 3.76. The lowest BCUT2D eigenvalue weighted by Crippen LogP contribution is -2.32. The van der Waals surface area contributed by atoms with Crippen LogP contribution in [0.3, 0.4) is 0 Å². The Balaban J connectivity index is 1.89. The summed E-state index contributed by atoms with van der Waals surface area (Å²) in [5, 5.41) is 11.1. The van der Waals surface area contributed by atoms with Gasteiger partial charge in [-0.1, -0.05) is 42.5 Å². The smallest absolute Gasteiger partial charge is 0.138 e. The summed E-state index contributed by atoms with van der Waals surface area (Å²) in [7, 11) is 1.60. The summed E-state index contributed by atoms with van der Waals surface area (Å²) in [6, 6.07) is 17.2. The fraction of sp³-hybridized carbons (Fsp3) is 0.333. The molecule has 1 aliphatic rings. The second-order valence-electron chi connectivity index (χ2n) is 5.50. The number of ether oxygens (including phenoxy) is 2. The van der Waals surface area contributed by atoms with E-state index in [0.717, 1.165) is 29.7 Å². The third kappa shape index (κ3) is 3.09. The summed E-state index contributed by atoms with van der Waals surface area (Å²) in [4.78, 5) is 0. The average Bonchev–Trinajstić information content (AvgIpc) is 3.33. The van der Waals surface area contributed by atoms with Crippen molar-refractivity contribution in [3.05, 3.63) is 65.7 Å². The zero-order valence-electron chi connectivity index (χ0n) is 12.2. The van der Waals surface area contributed by atoms with Crippen molar-refractivity contribution in [2.75, 3.05) is 13.7 Å². The maximum Gasteiger partial charge on any atom is 0.138 e. The topological polar surface area (TPSA) is 38.7 Å². The second-order valence-corrected chi connectivity index (χ2v) is 5.50. The van der Waals surface area contributed by atoms with Crippen molar-refractivity contribution in [1.29, 1.82) is 0 Å². The molecule has 1 atom stereocenters. The highest BCUT2D eigenvalue weighted by atomic mass is 16.5. The number of methoxy groups -OCH3 is 1. The molecule has 2 aromatic carbocycles. The van der Waals surface area contributed by atoms with Crippen LogP contribution in [0, 0.1) is 0 Å². The van der Waals surface area contributed by atoms with E-state index in [1.165, 1.54) is 0 Å². The van der Waals surface area contributed by atoms with E-state index in [9.17, 15) is 5.11 Å². The summed E-state index contributed by atoms with van der Waals surface area (Å²) < 4.78 is 11.0. The van der Waals surface area contributed by atoms with Crippen LogP contribution in [0.5, 0.6) is 5.75 Å². The van der Waals surface area contributed by atoms with Gasteiger partial charge in [0.1, 0.15) is 11.4 Å². The van der Waals surface area contributed by atoms with Crippen molar-refractivity contribution in [3.8, 4) is 5.75 Å². The Morgan fingerprint density at radius 2 is 1.62 bits per heavy atom. The molecule has 3 heteroatoms. The first-order chi connectivity index (χ1) is 10.2. The van der Waals surface area contributed by atoms with E-state index >= 15 is 0 Å². The molecule has 0 spiro atoms. The van der Waals surface area contributed by atoms with Gasteiger partial charge in [0.2, 0.25) is 0 Å². The maximum absolute atomic E-state index is 11.1. The van der Waals surface area contributed by atoms with Crippen LogP contribution >= 0.6 is 0 Å². The monoisotopic (exact) mass is 284 g/mol. The van der Waals surface area contributed by atoms with Crippen LogP contribution in [0.4, 0.5) is 0 Å². The van der Waals surface area contributed by atoms with Crippen LogP contribution in [-0.4, -0.2) is 24.9 Å². The number of rotatable bonds is 6. The lowest BCUT2D eigenvalue weighted by molar-refractivity contribution is -0.00331. The molecule has 3 rings (SSSR count). The van der Waals surface area contributed by atoms with E-state index in [0.29, 0.717) is 6.10 Å². The predicted octanol–water partition coefficient (Wildman–Crippen LogP) is 3.11. The molecular formula is C18H20O3. The van der Waals surface area contributed by atoms with Crippen LogP contribution in [0.1, 0.15) is 24.0 Å². The van der Waals surface area contributed by atoms with Gasteiger partial charge in [-0.15, -0.1) is 0 Å². The van der Waals surface area contributed by atoms with Crippen LogP contribution in [0.25, 0.3) is 0 Å². The molecule has 0 aliphatic heterocycles. The quantitative estimate of drug-likeness (QED) is 0.886. The Morgan fingerprint density at radius 3 is 2.19 bits per heavy atom. The Bertz CT molecular complexity index is 575. The summed E-state index contributed by atoms with van der Waals surface area (Å²) >= 11 is 0. The van der Waals surface area contributed by atoms with E-state index in [1.807, 2.05) is 54.6 Å². The van der Waals surface area contributed by atoms with Crippen molar-refractivity contribution in [1.82, 2.24) is 0 Å². The highest BCUT2D eigenvalue weighted by molar-refractivity contribution is 5.39. The van der Waals surface area contributed by atoms with E-state index < -0.39 is 5.60 Å². The lowest BCUT2D eigenvalue weighted by atomic mass is 9.87. The van der Waals surface area contributed by atoms with E-state index in [4.69, 9.17) is 9.47 Å². The van der Waals surface area contributed by atoms with Crippen molar-refractivity contribution in [2.24, 2.45) is 0 Å². The number of hydrogen-bond donors (Lipinski definition) is 1. The Morgan fingerprint density at radius 1 is 1.00 bits per heavy atom. The van der Waals surface area contributed by atoms with Crippen molar-refractivity contribution >= 4 is 0 Å². The molecule has 0 amide bonds. The molecule has 0 heterocycles. The normalized spacial score (nSPS) is 17.2. The first-order valence-electron chi connectivity index (χ1n) is 7.26. The zero-order chi connectivity index (χ0) is 14.7. The fourth-order valence-corrected chi connectivity index (χ4v) is 2.44. The summed E-state index contributed by atoms with van der Waals surface area (Å²) in [6.07, 6.45) is 2.65. The predicted molar refractivity (Wildman–Crippen MR) is 81.4 cm³/mol. The molecule has 110 valence electrons. The fourth-order valence-electron chi connectivity index (χ4n) is 2.44. The molecule has 1 fully saturated rings. The molecule has 2 aromatic rings. The van der Waals surface area contributed by atoms with Crippen LogP contribution < -0.4 is 4.74 Å². The Kier molecular flexibility index (Phi) is 3.95. The maximum atomic E-state index is 11.1. The lowest BCUT2D eigenvalue weighted by Gasteiger charge is -2.28. The Labute approximate surface area is 125 Å². The minimum Gasteiger partial charge on any atom is -0.490 e.